The first-order chi connectivity index (χ1) is 6.68. The van der Waals surface area contributed by atoms with Crippen LogP contribution in [0.4, 0.5) is 0 Å². The van der Waals surface area contributed by atoms with E-state index in [4.69, 9.17) is 19.7 Å². The molecule has 4 nitrogen and oxygen atoms in total. The van der Waals surface area contributed by atoms with E-state index in [1.54, 1.807) is 6.92 Å². The number of rotatable bonds is 7. The molecule has 0 aliphatic heterocycles. The Hall–Kier alpha value is -0.160. The van der Waals surface area contributed by atoms with E-state index in [9.17, 15) is 0 Å². The average Bonchev–Trinajstić information content (AvgIpc) is 1.99. The van der Waals surface area contributed by atoms with Gasteiger partial charge in [0.2, 0.25) is 0 Å². The Bertz CT molecular complexity index is 175. The fourth-order valence-electron chi connectivity index (χ4n) is 1.21. The fraction of sp³-hybridized carbons (Fsp3) is 1.00. The second-order valence-electron chi connectivity index (χ2n) is 5.00. The Labute approximate surface area is 92.2 Å². The van der Waals surface area contributed by atoms with E-state index >= 15 is 0 Å². The molecule has 2 N–H and O–H groups in total. The largest absolute Gasteiger partial charge is 0.396 e. The van der Waals surface area contributed by atoms with Crippen molar-refractivity contribution in [2.24, 2.45) is 0 Å². The molecule has 0 aliphatic carbocycles. The van der Waals surface area contributed by atoms with E-state index in [-0.39, 0.29) is 12.2 Å². The molecule has 0 amide bonds. The number of aliphatic hydroxyl groups is 2. The van der Waals surface area contributed by atoms with Crippen molar-refractivity contribution in [3.05, 3.63) is 0 Å². The van der Waals surface area contributed by atoms with Gasteiger partial charge in [0.25, 0.3) is 0 Å². The molecule has 0 bridgehead atoms. The van der Waals surface area contributed by atoms with Crippen molar-refractivity contribution >= 4 is 0 Å². The molecular formula is C11H24O4. The summed E-state index contributed by atoms with van der Waals surface area (Å²) in [7, 11) is 0. The molecule has 0 aromatic carbocycles. The molecule has 0 heterocycles. The number of ether oxygens (including phenoxy) is 2. The maximum absolute atomic E-state index is 9.10. The predicted octanol–water partition coefficient (Wildman–Crippen LogP) is 1.30. The molecule has 0 saturated heterocycles. The van der Waals surface area contributed by atoms with Gasteiger partial charge in [0, 0.05) is 6.61 Å². The zero-order chi connectivity index (χ0) is 12.1. The van der Waals surface area contributed by atoms with Crippen LogP contribution in [0.15, 0.2) is 0 Å². The van der Waals surface area contributed by atoms with Gasteiger partial charge in [0.15, 0.2) is 6.29 Å². The Morgan fingerprint density at radius 3 is 2.07 bits per heavy atom. The molecule has 15 heavy (non-hydrogen) atoms. The van der Waals surface area contributed by atoms with E-state index in [1.807, 2.05) is 27.7 Å². The van der Waals surface area contributed by atoms with E-state index in [2.05, 4.69) is 0 Å². The van der Waals surface area contributed by atoms with Gasteiger partial charge in [-0.15, -0.1) is 0 Å². The third-order valence-corrected chi connectivity index (χ3v) is 2.01. The lowest BCUT2D eigenvalue weighted by Gasteiger charge is -2.32. The van der Waals surface area contributed by atoms with E-state index in [0.717, 1.165) is 0 Å². The number of hydrogen-bond donors (Lipinski definition) is 2. The highest BCUT2D eigenvalue weighted by molar-refractivity contribution is 4.73. The van der Waals surface area contributed by atoms with Crippen LogP contribution in [0.2, 0.25) is 0 Å². The molecule has 92 valence electrons. The van der Waals surface area contributed by atoms with Gasteiger partial charge in [0.1, 0.15) is 0 Å². The van der Waals surface area contributed by atoms with E-state index < -0.39 is 11.9 Å². The Kier molecular flexibility index (Phi) is 5.73. The van der Waals surface area contributed by atoms with Crippen molar-refractivity contribution < 1.29 is 19.7 Å². The Balaban J connectivity index is 4.01. The van der Waals surface area contributed by atoms with Crippen LogP contribution in [0.5, 0.6) is 0 Å². The van der Waals surface area contributed by atoms with Gasteiger partial charge in [-0.3, -0.25) is 0 Å². The van der Waals surface area contributed by atoms with Crippen molar-refractivity contribution in [1.29, 1.82) is 0 Å². The minimum Gasteiger partial charge on any atom is -0.396 e. The quantitative estimate of drug-likeness (QED) is 0.635. The fourth-order valence-corrected chi connectivity index (χ4v) is 1.21. The van der Waals surface area contributed by atoms with Crippen molar-refractivity contribution in [3.63, 3.8) is 0 Å². The SMILES string of the molecule is CC(O)OC(C)(C)COC(C)(C)CCO. The molecule has 0 aliphatic rings. The summed E-state index contributed by atoms with van der Waals surface area (Å²) >= 11 is 0. The molecule has 1 unspecified atom stereocenters. The lowest BCUT2D eigenvalue weighted by Crippen LogP contribution is -2.39. The molecule has 1 atom stereocenters. The molecule has 0 rings (SSSR count). The Morgan fingerprint density at radius 1 is 1.13 bits per heavy atom. The van der Waals surface area contributed by atoms with Gasteiger partial charge in [-0.2, -0.15) is 0 Å². The second-order valence-corrected chi connectivity index (χ2v) is 5.00. The highest BCUT2D eigenvalue weighted by Gasteiger charge is 2.26. The zero-order valence-corrected chi connectivity index (χ0v) is 10.4. The van der Waals surface area contributed by atoms with Crippen molar-refractivity contribution in [2.45, 2.75) is 58.5 Å². The molecule has 0 spiro atoms. The van der Waals surface area contributed by atoms with Gasteiger partial charge in [-0.05, 0) is 41.0 Å². The molecule has 0 fully saturated rings. The molecule has 4 heteroatoms. The average molecular weight is 220 g/mol. The number of hydrogen-bond acceptors (Lipinski definition) is 4. The highest BCUT2D eigenvalue weighted by Crippen LogP contribution is 2.19. The molecule has 0 radical (unpaired) electrons. The van der Waals surface area contributed by atoms with Crippen LogP contribution in [-0.4, -0.2) is 40.9 Å². The summed E-state index contributed by atoms with van der Waals surface area (Å²) in [6, 6.07) is 0. The maximum Gasteiger partial charge on any atom is 0.152 e. The molecule has 0 saturated carbocycles. The summed E-state index contributed by atoms with van der Waals surface area (Å²) in [6.07, 6.45) is -0.220. The van der Waals surface area contributed by atoms with Crippen LogP contribution in [0.3, 0.4) is 0 Å². The van der Waals surface area contributed by atoms with Crippen molar-refractivity contribution in [2.75, 3.05) is 13.2 Å². The molecule has 0 aromatic rings. The smallest absolute Gasteiger partial charge is 0.152 e. The summed E-state index contributed by atoms with van der Waals surface area (Å²) in [5.41, 5.74) is -0.894. The zero-order valence-electron chi connectivity index (χ0n) is 10.4. The lowest BCUT2D eigenvalue weighted by atomic mass is 10.1. The van der Waals surface area contributed by atoms with Crippen LogP contribution in [-0.2, 0) is 9.47 Å². The third-order valence-electron chi connectivity index (χ3n) is 2.01. The van der Waals surface area contributed by atoms with Crippen molar-refractivity contribution in [3.8, 4) is 0 Å². The first kappa shape index (κ1) is 14.8. The van der Waals surface area contributed by atoms with Crippen LogP contribution < -0.4 is 0 Å². The highest BCUT2D eigenvalue weighted by atomic mass is 16.6. The Morgan fingerprint density at radius 2 is 1.67 bits per heavy atom. The first-order valence-corrected chi connectivity index (χ1v) is 5.29. The lowest BCUT2D eigenvalue weighted by molar-refractivity contribution is -0.197. The summed E-state index contributed by atoms with van der Waals surface area (Å²) < 4.78 is 10.9. The number of aliphatic hydroxyl groups excluding tert-OH is 2. The van der Waals surface area contributed by atoms with Gasteiger partial charge in [-0.25, -0.2) is 0 Å². The minimum absolute atomic E-state index is 0.102. The summed E-state index contributed by atoms with van der Waals surface area (Å²) in [6.45, 7) is 9.60. The van der Waals surface area contributed by atoms with Crippen molar-refractivity contribution in [1.82, 2.24) is 0 Å². The second kappa shape index (κ2) is 5.80. The molecular weight excluding hydrogens is 196 g/mol. The van der Waals surface area contributed by atoms with E-state index in [1.165, 1.54) is 0 Å². The normalized spacial score (nSPS) is 15.4. The van der Waals surface area contributed by atoms with Gasteiger partial charge in [0.05, 0.1) is 17.8 Å². The summed E-state index contributed by atoms with van der Waals surface area (Å²) in [5.74, 6) is 0. The van der Waals surface area contributed by atoms with Crippen LogP contribution >= 0.6 is 0 Å². The monoisotopic (exact) mass is 220 g/mol. The third kappa shape index (κ3) is 7.73. The standard InChI is InChI=1S/C11H24O4/c1-9(13)15-11(4,5)8-14-10(2,3)6-7-12/h9,12-13H,6-8H2,1-5H3. The predicted molar refractivity (Wildman–Crippen MR) is 58.6 cm³/mol. The summed E-state index contributed by atoms with van der Waals surface area (Å²) in [5, 5.41) is 17.9. The topological polar surface area (TPSA) is 58.9 Å². The van der Waals surface area contributed by atoms with Crippen LogP contribution in [0.1, 0.15) is 41.0 Å². The van der Waals surface area contributed by atoms with Crippen LogP contribution in [0.25, 0.3) is 0 Å². The first-order valence-electron chi connectivity index (χ1n) is 5.29. The summed E-state index contributed by atoms with van der Waals surface area (Å²) in [4.78, 5) is 0. The van der Waals surface area contributed by atoms with Gasteiger partial charge in [-0.1, -0.05) is 0 Å². The molecule has 0 aromatic heterocycles. The minimum atomic E-state index is -0.801. The van der Waals surface area contributed by atoms with E-state index in [0.29, 0.717) is 13.0 Å². The maximum atomic E-state index is 9.10. The van der Waals surface area contributed by atoms with Gasteiger partial charge >= 0.3 is 0 Å². The van der Waals surface area contributed by atoms with Gasteiger partial charge < -0.3 is 19.7 Å². The van der Waals surface area contributed by atoms with Crippen LogP contribution in [0, 0.1) is 0 Å².